The first-order valence-electron chi connectivity index (χ1n) is 3.79. The largest absolute Gasteiger partial charge is 0.466 e. The van der Waals surface area contributed by atoms with Crippen molar-refractivity contribution in [3.05, 3.63) is 27.8 Å². The average Bonchev–Trinajstić information content (AvgIpc) is 2.09. The number of halogens is 1. The Hall–Kier alpha value is -0.290. The molecule has 0 fully saturated rings. The second-order valence-corrected chi connectivity index (χ2v) is 3.35. The van der Waals surface area contributed by atoms with E-state index in [0.29, 0.717) is 13.4 Å². The van der Waals surface area contributed by atoms with Gasteiger partial charge in [0.1, 0.15) is 5.75 Å². The van der Waals surface area contributed by atoms with Crippen LogP contribution in [-0.4, -0.2) is 13.4 Å². The predicted octanol–water partition coefficient (Wildman–Crippen LogP) is 2.66. The summed E-state index contributed by atoms with van der Waals surface area (Å²) in [6.07, 6.45) is 0. The fraction of sp³-hybridized carbons (Fsp3) is 0.333. The van der Waals surface area contributed by atoms with Gasteiger partial charge in [-0.1, -0.05) is 12.1 Å². The molecule has 0 amide bonds. The summed E-state index contributed by atoms with van der Waals surface area (Å²) in [5.41, 5.74) is 0. The third kappa shape index (κ3) is 2.98. The quantitative estimate of drug-likeness (QED) is 0.479. The standard InChI is InChI=1S/C9H11IO2/c1-2-11-7-12-9-6-4-3-5-8(9)10/h3-6H,2,7H2,1H3. The van der Waals surface area contributed by atoms with E-state index in [0.717, 1.165) is 9.32 Å². The number of rotatable bonds is 4. The first-order chi connectivity index (χ1) is 5.84. The van der Waals surface area contributed by atoms with E-state index in [1.165, 1.54) is 0 Å². The van der Waals surface area contributed by atoms with E-state index in [-0.39, 0.29) is 0 Å². The Kier molecular flexibility index (Phi) is 4.39. The van der Waals surface area contributed by atoms with Gasteiger partial charge >= 0.3 is 0 Å². The number of ether oxygens (including phenoxy) is 2. The summed E-state index contributed by atoms with van der Waals surface area (Å²) in [5.74, 6) is 0.881. The first kappa shape index (κ1) is 9.80. The summed E-state index contributed by atoms with van der Waals surface area (Å²) < 4.78 is 11.5. The van der Waals surface area contributed by atoms with E-state index in [4.69, 9.17) is 9.47 Å². The molecular formula is C9H11IO2. The summed E-state index contributed by atoms with van der Waals surface area (Å²) in [4.78, 5) is 0. The molecule has 0 aromatic heterocycles. The van der Waals surface area contributed by atoms with E-state index < -0.39 is 0 Å². The molecule has 0 spiro atoms. The molecule has 0 aliphatic carbocycles. The molecule has 0 N–H and O–H groups in total. The highest BCUT2D eigenvalue weighted by Crippen LogP contribution is 2.19. The molecule has 3 heteroatoms. The van der Waals surface area contributed by atoms with Gasteiger partial charge in [-0.3, -0.25) is 0 Å². The normalized spacial score (nSPS) is 9.83. The molecule has 1 aromatic carbocycles. The minimum absolute atomic E-state index is 0.330. The van der Waals surface area contributed by atoms with Crippen molar-refractivity contribution in [2.75, 3.05) is 13.4 Å². The van der Waals surface area contributed by atoms with Crippen molar-refractivity contribution < 1.29 is 9.47 Å². The highest BCUT2D eigenvalue weighted by atomic mass is 127. The molecule has 0 aliphatic heterocycles. The average molecular weight is 278 g/mol. The van der Waals surface area contributed by atoms with Crippen LogP contribution in [0.3, 0.4) is 0 Å². The third-order valence-electron chi connectivity index (χ3n) is 1.34. The lowest BCUT2D eigenvalue weighted by Crippen LogP contribution is -2.02. The monoisotopic (exact) mass is 278 g/mol. The van der Waals surface area contributed by atoms with Crippen LogP contribution in [0.15, 0.2) is 24.3 Å². The van der Waals surface area contributed by atoms with E-state index in [9.17, 15) is 0 Å². The summed E-state index contributed by atoms with van der Waals surface area (Å²) in [6, 6.07) is 7.86. The van der Waals surface area contributed by atoms with Crippen molar-refractivity contribution in [1.82, 2.24) is 0 Å². The minimum atomic E-state index is 0.330. The second kappa shape index (κ2) is 5.37. The van der Waals surface area contributed by atoms with Crippen LogP contribution in [0.4, 0.5) is 0 Å². The highest BCUT2D eigenvalue weighted by molar-refractivity contribution is 14.1. The molecule has 0 atom stereocenters. The number of para-hydroxylation sites is 1. The summed E-state index contributed by atoms with van der Waals surface area (Å²) in [6.45, 7) is 2.96. The Balaban J connectivity index is 2.46. The van der Waals surface area contributed by atoms with Gasteiger partial charge in [0.2, 0.25) is 0 Å². The van der Waals surface area contributed by atoms with E-state index >= 15 is 0 Å². The summed E-state index contributed by atoms with van der Waals surface area (Å²) >= 11 is 2.23. The van der Waals surface area contributed by atoms with Gasteiger partial charge in [-0.15, -0.1) is 0 Å². The molecule has 2 nitrogen and oxygen atoms in total. The van der Waals surface area contributed by atoms with Crippen LogP contribution in [0, 0.1) is 3.57 Å². The Bertz CT molecular complexity index is 238. The predicted molar refractivity (Wildman–Crippen MR) is 56.3 cm³/mol. The number of hydrogen-bond acceptors (Lipinski definition) is 2. The van der Waals surface area contributed by atoms with Crippen LogP contribution in [0.1, 0.15) is 6.92 Å². The van der Waals surface area contributed by atoms with E-state index in [1.54, 1.807) is 0 Å². The molecule has 0 radical (unpaired) electrons. The van der Waals surface area contributed by atoms with E-state index in [2.05, 4.69) is 22.6 Å². The van der Waals surface area contributed by atoms with Crippen LogP contribution >= 0.6 is 22.6 Å². The lowest BCUT2D eigenvalue weighted by Gasteiger charge is -2.06. The SMILES string of the molecule is CCOCOc1ccccc1I. The van der Waals surface area contributed by atoms with Gasteiger partial charge in [-0.25, -0.2) is 0 Å². The Morgan fingerprint density at radius 2 is 2.08 bits per heavy atom. The molecule has 0 aliphatic rings. The maximum Gasteiger partial charge on any atom is 0.189 e. The fourth-order valence-electron chi connectivity index (χ4n) is 0.750. The van der Waals surface area contributed by atoms with Gasteiger partial charge in [-0.05, 0) is 41.6 Å². The highest BCUT2D eigenvalue weighted by Gasteiger charge is 1.96. The fourth-order valence-corrected chi connectivity index (χ4v) is 1.29. The molecule has 12 heavy (non-hydrogen) atoms. The molecule has 0 bridgehead atoms. The Morgan fingerprint density at radius 3 is 2.75 bits per heavy atom. The van der Waals surface area contributed by atoms with Crippen molar-refractivity contribution in [3.8, 4) is 5.75 Å². The third-order valence-corrected chi connectivity index (χ3v) is 2.23. The van der Waals surface area contributed by atoms with Crippen LogP contribution < -0.4 is 4.74 Å². The van der Waals surface area contributed by atoms with Crippen LogP contribution in [0.2, 0.25) is 0 Å². The van der Waals surface area contributed by atoms with Gasteiger partial charge in [0.25, 0.3) is 0 Å². The molecule has 0 saturated heterocycles. The number of benzene rings is 1. The maximum atomic E-state index is 5.35. The van der Waals surface area contributed by atoms with Crippen LogP contribution in [-0.2, 0) is 4.74 Å². The van der Waals surface area contributed by atoms with Gasteiger partial charge in [0, 0.05) is 6.61 Å². The van der Waals surface area contributed by atoms with E-state index in [1.807, 2.05) is 31.2 Å². The van der Waals surface area contributed by atoms with Crippen LogP contribution in [0.5, 0.6) is 5.75 Å². The molecule has 66 valence electrons. The molecule has 0 unspecified atom stereocenters. The van der Waals surface area contributed by atoms with Gasteiger partial charge in [-0.2, -0.15) is 0 Å². The smallest absolute Gasteiger partial charge is 0.189 e. The van der Waals surface area contributed by atoms with Crippen molar-refractivity contribution in [1.29, 1.82) is 0 Å². The zero-order chi connectivity index (χ0) is 8.81. The van der Waals surface area contributed by atoms with Crippen molar-refractivity contribution >= 4 is 22.6 Å². The molecule has 0 saturated carbocycles. The van der Waals surface area contributed by atoms with Gasteiger partial charge in [0.15, 0.2) is 6.79 Å². The lowest BCUT2D eigenvalue weighted by atomic mass is 10.3. The van der Waals surface area contributed by atoms with Gasteiger partial charge in [0.05, 0.1) is 3.57 Å². The summed E-state index contributed by atoms with van der Waals surface area (Å²) in [7, 11) is 0. The van der Waals surface area contributed by atoms with Crippen molar-refractivity contribution in [2.24, 2.45) is 0 Å². The van der Waals surface area contributed by atoms with Crippen molar-refractivity contribution in [3.63, 3.8) is 0 Å². The van der Waals surface area contributed by atoms with Gasteiger partial charge < -0.3 is 9.47 Å². The Labute approximate surface area is 86.0 Å². The van der Waals surface area contributed by atoms with Crippen LogP contribution in [0.25, 0.3) is 0 Å². The molecule has 1 rings (SSSR count). The van der Waals surface area contributed by atoms with Crippen molar-refractivity contribution in [2.45, 2.75) is 6.92 Å². The zero-order valence-electron chi connectivity index (χ0n) is 6.92. The number of hydrogen-bond donors (Lipinski definition) is 0. The summed E-state index contributed by atoms with van der Waals surface area (Å²) in [5, 5.41) is 0. The molecule has 0 heterocycles. The molecular weight excluding hydrogens is 267 g/mol. The maximum absolute atomic E-state index is 5.35. The first-order valence-corrected chi connectivity index (χ1v) is 4.87. The Morgan fingerprint density at radius 1 is 1.33 bits per heavy atom. The zero-order valence-corrected chi connectivity index (χ0v) is 9.08. The topological polar surface area (TPSA) is 18.5 Å². The second-order valence-electron chi connectivity index (χ2n) is 2.19. The molecule has 1 aromatic rings. The minimum Gasteiger partial charge on any atom is -0.466 e. The lowest BCUT2D eigenvalue weighted by molar-refractivity contribution is 0.0219.